The summed E-state index contributed by atoms with van der Waals surface area (Å²) in [7, 11) is 0. The summed E-state index contributed by atoms with van der Waals surface area (Å²) in [4.78, 5) is 12.6. The topological polar surface area (TPSA) is 43.3 Å². The summed E-state index contributed by atoms with van der Waals surface area (Å²) in [6.45, 7) is 0.203. The maximum Gasteiger partial charge on any atom is 0.409 e. The fraction of sp³-hybridized carbons (Fsp3) is 0.0870. The van der Waals surface area contributed by atoms with Crippen molar-refractivity contribution in [2.75, 3.05) is 0 Å². The van der Waals surface area contributed by atoms with Crippen molar-refractivity contribution in [2.24, 2.45) is 0 Å². The number of nitrogens with one attached hydrogen (secondary N) is 1. The highest BCUT2D eigenvalue weighted by atomic mass is 35.5. The van der Waals surface area contributed by atoms with Gasteiger partial charge in [-0.05, 0) is 29.1 Å². The van der Waals surface area contributed by atoms with Gasteiger partial charge >= 0.3 is 6.09 Å². The first-order valence-electron chi connectivity index (χ1n) is 8.99. The molecule has 1 N–H and O–H groups in total. The molecule has 0 fully saturated rings. The van der Waals surface area contributed by atoms with Crippen molar-refractivity contribution in [3.8, 4) is 0 Å². The number of hydrogen-bond acceptors (Lipinski definition) is 2. The lowest BCUT2D eigenvalue weighted by Crippen LogP contribution is -2.33. The molecule has 0 aliphatic rings. The molecular weight excluding hydrogens is 372 g/mol. The van der Waals surface area contributed by atoms with E-state index in [1.807, 2.05) is 95.7 Å². The number of carbonyl (C=O) groups excluding carboxylic acids is 1. The van der Waals surface area contributed by atoms with Crippen molar-refractivity contribution in [3.05, 3.63) is 107 Å². The van der Waals surface area contributed by atoms with Crippen LogP contribution < -0.4 is 5.32 Å². The minimum atomic E-state index is -0.508. The first-order chi connectivity index (χ1) is 13.7. The molecule has 28 heavy (non-hydrogen) atoms. The number of halogens is 1. The van der Waals surface area contributed by atoms with Gasteiger partial charge in [0, 0.05) is 16.8 Å². The molecule has 1 heterocycles. The Hall–Kier alpha value is -3.24. The predicted octanol–water partition coefficient (Wildman–Crippen LogP) is 5.77. The van der Waals surface area contributed by atoms with E-state index in [0.717, 1.165) is 22.0 Å². The molecule has 1 aromatic heterocycles. The van der Waals surface area contributed by atoms with Crippen LogP contribution in [0.15, 0.2) is 91.1 Å². The van der Waals surface area contributed by atoms with E-state index in [1.165, 1.54) is 0 Å². The van der Waals surface area contributed by atoms with Gasteiger partial charge in [0.1, 0.15) is 12.8 Å². The molecule has 0 saturated carbocycles. The minimum Gasteiger partial charge on any atom is -0.445 e. The average Bonchev–Trinajstić information content (AvgIpc) is 3.16. The van der Waals surface area contributed by atoms with Crippen molar-refractivity contribution in [3.63, 3.8) is 0 Å². The van der Waals surface area contributed by atoms with E-state index in [0.29, 0.717) is 5.02 Å². The Balaban J connectivity index is 1.62. The smallest absolute Gasteiger partial charge is 0.409 e. The predicted molar refractivity (Wildman–Crippen MR) is 111 cm³/mol. The number of para-hydroxylation sites is 1. The Morgan fingerprint density at radius 2 is 1.64 bits per heavy atom. The summed E-state index contributed by atoms with van der Waals surface area (Å²) in [5.41, 5.74) is 2.72. The highest BCUT2D eigenvalue weighted by molar-refractivity contribution is 6.31. The molecule has 4 aromatic rings. The molecule has 140 valence electrons. The van der Waals surface area contributed by atoms with E-state index in [4.69, 9.17) is 16.3 Å². The fourth-order valence-corrected chi connectivity index (χ4v) is 3.44. The molecule has 4 nitrogen and oxygen atoms in total. The summed E-state index contributed by atoms with van der Waals surface area (Å²) < 4.78 is 7.41. The van der Waals surface area contributed by atoms with Gasteiger partial charge in [-0.15, -0.1) is 0 Å². The summed E-state index contributed by atoms with van der Waals surface area (Å²) >= 11 is 6.44. The van der Waals surface area contributed by atoms with Gasteiger partial charge in [-0.1, -0.05) is 78.3 Å². The number of fused-ring (bicyclic) bond motifs is 1. The summed E-state index contributed by atoms with van der Waals surface area (Å²) in [5.74, 6) is 0. The van der Waals surface area contributed by atoms with Crippen LogP contribution in [0, 0.1) is 0 Å². The van der Waals surface area contributed by atoms with Crippen LogP contribution in [0.5, 0.6) is 0 Å². The molecule has 0 saturated heterocycles. The number of carbonyl (C=O) groups is 1. The van der Waals surface area contributed by atoms with Gasteiger partial charge in [-0.3, -0.25) is 5.32 Å². The highest BCUT2D eigenvalue weighted by Gasteiger charge is 2.21. The second-order valence-electron chi connectivity index (χ2n) is 6.41. The lowest BCUT2D eigenvalue weighted by molar-refractivity contribution is 0.134. The third-order valence-corrected chi connectivity index (χ3v) is 4.92. The molecule has 4 rings (SSSR count). The van der Waals surface area contributed by atoms with Crippen molar-refractivity contribution in [1.82, 2.24) is 9.88 Å². The molecule has 0 aliphatic heterocycles. The Morgan fingerprint density at radius 1 is 0.929 bits per heavy atom. The monoisotopic (exact) mass is 390 g/mol. The number of aromatic nitrogens is 1. The molecule has 1 atom stereocenters. The van der Waals surface area contributed by atoms with Crippen LogP contribution in [0.4, 0.5) is 4.79 Å². The Labute approximate surface area is 168 Å². The minimum absolute atomic E-state index is 0.203. The van der Waals surface area contributed by atoms with E-state index in [-0.39, 0.29) is 6.61 Å². The van der Waals surface area contributed by atoms with Crippen LogP contribution in [0.25, 0.3) is 10.9 Å². The molecule has 0 spiro atoms. The Kier molecular flexibility index (Phi) is 5.31. The maximum atomic E-state index is 12.6. The van der Waals surface area contributed by atoms with Crippen molar-refractivity contribution in [2.45, 2.75) is 12.8 Å². The van der Waals surface area contributed by atoms with Crippen LogP contribution in [0.1, 0.15) is 17.3 Å². The zero-order valence-corrected chi connectivity index (χ0v) is 15.8. The second-order valence-corrected chi connectivity index (χ2v) is 6.82. The summed E-state index contributed by atoms with van der Waals surface area (Å²) in [5, 5.41) is 4.62. The molecular formula is C23H19ClN2O2. The van der Waals surface area contributed by atoms with Crippen molar-refractivity contribution >= 4 is 28.6 Å². The third kappa shape index (κ3) is 3.87. The lowest BCUT2D eigenvalue weighted by Gasteiger charge is -2.23. The van der Waals surface area contributed by atoms with Gasteiger partial charge in [0.15, 0.2) is 0 Å². The number of nitrogens with zero attached hydrogens (tertiary/aromatic N) is 1. The average molecular weight is 391 g/mol. The second kappa shape index (κ2) is 8.19. The molecule has 1 amide bonds. The fourth-order valence-electron chi connectivity index (χ4n) is 3.20. The van der Waals surface area contributed by atoms with Crippen LogP contribution in [-0.2, 0) is 11.3 Å². The van der Waals surface area contributed by atoms with Crippen LogP contribution in [0.2, 0.25) is 5.02 Å². The number of amides is 1. The van der Waals surface area contributed by atoms with Gasteiger partial charge in [-0.2, -0.15) is 0 Å². The number of alkyl carbamates (subject to hydrolysis) is 1. The van der Waals surface area contributed by atoms with E-state index in [1.54, 1.807) is 0 Å². The van der Waals surface area contributed by atoms with Crippen molar-refractivity contribution in [1.29, 1.82) is 0 Å². The molecule has 0 aliphatic carbocycles. The first kappa shape index (κ1) is 18.1. The zero-order valence-electron chi connectivity index (χ0n) is 15.1. The van der Waals surface area contributed by atoms with Crippen molar-refractivity contribution < 1.29 is 9.53 Å². The Bertz CT molecular complexity index is 1090. The number of benzene rings is 3. The van der Waals surface area contributed by atoms with Crippen LogP contribution in [-0.4, -0.2) is 10.7 Å². The largest absolute Gasteiger partial charge is 0.445 e. The molecule has 3 aromatic carbocycles. The van der Waals surface area contributed by atoms with Crippen LogP contribution in [0.3, 0.4) is 0 Å². The van der Waals surface area contributed by atoms with Crippen LogP contribution >= 0.6 is 11.6 Å². The SMILES string of the molecule is O=C(NC(c1ccccc1Cl)n1ccc2ccccc21)OCc1ccccc1. The van der Waals surface area contributed by atoms with E-state index < -0.39 is 12.3 Å². The van der Waals surface area contributed by atoms with E-state index in [9.17, 15) is 4.79 Å². The summed E-state index contributed by atoms with van der Waals surface area (Å²) in [6, 6.07) is 27.1. The normalized spacial score (nSPS) is 11.9. The molecule has 1 unspecified atom stereocenters. The van der Waals surface area contributed by atoms with E-state index >= 15 is 0 Å². The Morgan fingerprint density at radius 3 is 2.46 bits per heavy atom. The zero-order chi connectivity index (χ0) is 19.3. The third-order valence-electron chi connectivity index (χ3n) is 4.57. The highest BCUT2D eigenvalue weighted by Crippen LogP contribution is 2.28. The van der Waals surface area contributed by atoms with E-state index in [2.05, 4.69) is 5.32 Å². The number of hydrogen-bond donors (Lipinski definition) is 1. The molecule has 5 heteroatoms. The molecule has 0 bridgehead atoms. The van der Waals surface area contributed by atoms with Gasteiger partial charge < -0.3 is 9.30 Å². The lowest BCUT2D eigenvalue weighted by atomic mass is 10.1. The van der Waals surface area contributed by atoms with Gasteiger partial charge in [-0.25, -0.2) is 4.79 Å². The number of rotatable bonds is 5. The molecule has 0 radical (unpaired) electrons. The van der Waals surface area contributed by atoms with Gasteiger partial charge in [0.25, 0.3) is 0 Å². The van der Waals surface area contributed by atoms with Gasteiger partial charge in [0.05, 0.1) is 5.52 Å². The quantitative estimate of drug-likeness (QED) is 0.470. The number of ether oxygens (including phenoxy) is 1. The standard InChI is InChI=1S/C23H19ClN2O2/c24-20-12-6-5-11-19(20)22(26-15-14-18-10-4-7-13-21(18)26)25-23(27)28-16-17-8-2-1-3-9-17/h1-15,22H,16H2,(H,25,27). The van der Waals surface area contributed by atoms with Gasteiger partial charge in [0.2, 0.25) is 0 Å². The maximum absolute atomic E-state index is 12.6. The first-order valence-corrected chi connectivity index (χ1v) is 9.37. The summed E-state index contributed by atoms with van der Waals surface area (Å²) in [6.07, 6.45) is 0.944.